The quantitative estimate of drug-likeness (QED) is 0.722. The van der Waals surface area contributed by atoms with Crippen molar-refractivity contribution in [2.24, 2.45) is 5.92 Å². The van der Waals surface area contributed by atoms with Crippen LogP contribution in [0.3, 0.4) is 0 Å². The van der Waals surface area contributed by atoms with Gasteiger partial charge in [0.1, 0.15) is 0 Å². The van der Waals surface area contributed by atoms with Gasteiger partial charge in [0, 0.05) is 6.04 Å². The highest BCUT2D eigenvalue weighted by molar-refractivity contribution is 7.91. The van der Waals surface area contributed by atoms with Crippen molar-refractivity contribution >= 4 is 9.84 Å². The van der Waals surface area contributed by atoms with Crippen molar-refractivity contribution in [2.45, 2.75) is 44.9 Å². The molecule has 2 rings (SSSR count). The van der Waals surface area contributed by atoms with Gasteiger partial charge in [0.15, 0.2) is 9.84 Å². The van der Waals surface area contributed by atoms with E-state index in [-0.39, 0.29) is 17.5 Å². The van der Waals surface area contributed by atoms with Crippen LogP contribution < -0.4 is 0 Å². The van der Waals surface area contributed by atoms with Crippen LogP contribution in [0.2, 0.25) is 0 Å². The van der Waals surface area contributed by atoms with Gasteiger partial charge in [-0.3, -0.25) is 4.90 Å². The average Bonchev–Trinajstić information content (AvgIpc) is 2.39. The van der Waals surface area contributed by atoms with Gasteiger partial charge in [0.25, 0.3) is 0 Å². The van der Waals surface area contributed by atoms with E-state index in [0.717, 1.165) is 19.4 Å². The molecule has 0 aliphatic carbocycles. The number of likely N-dealkylation sites (tertiary alicyclic amines) is 1. The van der Waals surface area contributed by atoms with E-state index in [9.17, 15) is 13.5 Å². The lowest BCUT2D eigenvalue weighted by molar-refractivity contribution is 0.0286. The van der Waals surface area contributed by atoms with Crippen LogP contribution in [-0.4, -0.2) is 54.7 Å². The molecule has 0 aromatic rings. The second-order valence-corrected chi connectivity index (χ2v) is 7.58. The van der Waals surface area contributed by atoms with E-state index in [0.29, 0.717) is 12.0 Å². The molecule has 0 bridgehead atoms. The lowest BCUT2D eigenvalue weighted by atomic mass is 9.91. The molecule has 2 aliphatic heterocycles. The third-order valence-electron chi connectivity index (χ3n) is 3.91. The standard InChI is InChI=1S/C11H21NO3S/c1-8-3-4-12(9(2)5-8)10-6-16(14,15)7-11(10)13/h8-11,13H,3-7H2,1-2H3. The summed E-state index contributed by atoms with van der Waals surface area (Å²) in [6.07, 6.45) is 1.51. The first-order valence-corrected chi connectivity index (χ1v) is 7.85. The predicted octanol–water partition coefficient (Wildman–Crippen LogP) is 0.265. The number of sulfone groups is 1. The first-order chi connectivity index (χ1) is 7.39. The van der Waals surface area contributed by atoms with Crippen LogP contribution in [0.1, 0.15) is 26.7 Å². The van der Waals surface area contributed by atoms with Gasteiger partial charge in [-0.25, -0.2) is 8.42 Å². The molecule has 16 heavy (non-hydrogen) atoms. The minimum absolute atomic E-state index is 0.0591. The molecule has 2 aliphatic rings. The van der Waals surface area contributed by atoms with Crippen molar-refractivity contribution in [3.05, 3.63) is 0 Å². The van der Waals surface area contributed by atoms with Crippen molar-refractivity contribution in [3.8, 4) is 0 Å². The van der Waals surface area contributed by atoms with Crippen LogP contribution in [0, 0.1) is 5.92 Å². The molecule has 1 N–H and O–H groups in total. The van der Waals surface area contributed by atoms with Crippen LogP contribution in [-0.2, 0) is 9.84 Å². The molecule has 0 spiro atoms. The molecule has 0 saturated carbocycles. The molecular weight excluding hydrogens is 226 g/mol. The second-order valence-electron chi connectivity index (χ2n) is 5.43. The van der Waals surface area contributed by atoms with Crippen LogP contribution in [0.4, 0.5) is 0 Å². The van der Waals surface area contributed by atoms with Crippen LogP contribution in [0.15, 0.2) is 0 Å². The number of hydrogen-bond acceptors (Lipinski definition) is 4. The summed E-state index contributed by atoms with van der Waals surface area (Å²) in [6, 6.07) is 0.212. The largest absolute Gasteiger partial charge is 0.390 e. The molecule has 4 unspecified atom stereocenters. The third kappa shape index (κ3) is 2.41. The molecule has 2 fully saturated rings. The molecule has 2 heterocycles. The van der Waals surface area contributed by atoms with Gasteiger partial charge in [-0.05, 0) is 32.2 Å². The number of piperidine rings is 1. The molecule has 4 atom stereocenters. The molecule has 0 radical (unpaired) electrons. The molecule has 94 valence electrons. The predicted molar refractivity (Wildman–Crippen MR) is 63.0 cm³/mol. The van der Waals surface area contributed by atoms with E-state index in [4.69, 9.17) is 0 Å². The highest BCUT2D eigenvalue weighted by atomic mass is 32.2. The van der Waals surface area contributed by atoms with Gasteiger partial charge in [-0.2, -0.15) is 0 Å². The minimum Gasteiger partial charge on any atom is -0.390 e. The summed E-state index contributed by atoms with van der Waals surface area (Å²) in [5.74, 6) is 0.782. The van der Waals surface area contributed by atoms with Gasteiger partial charge < -0.3 is 5.11 Å². The van der Waals surface area contributed by atoms with E-state index >= 15 is 0 Å². The fourth-order valence-corrected chi connectivity index (χ4v) is 4.86. The molecule has 0 aromatic carbocycles. The van der Waals surface area contributed by atoms with Crippen molar-refractivity contribution in [3.63, 3.8) is 0 Å². The maximum atomic E-state index is 11.5. The molecular formula is C11H21NO3S. The van der Waals surface area contributed by atoms with Crippen molar-refractivity contribution in [1.82, 2.24) is 4.90 Å². The summed E-state index contributed by atoms with van der Waals surface area (Å²) in [7, 11) is -3.02. The van der Waals surface area contributed by atoms with Crippen LogP contribution >= 0.6 is 0 Å². The molecule has 4 nitrogen and oxygen atoms in total. The van der Waals surface area contributed by atoms with Crippen molar-refractivity contribution in [1.29, 1.82) is 0 Å². The first-order valence-electron chi connectivity index (χ1n) is 6.03. The summed E-state index contributed by atoms with van der Waals surface area (Å²) < 4.78 is 23.0. The Kier molecular flexibility index (Phi) is 3.29. The molecule has 2 saturated heterocycles. The summed E-state index contributed by atoms with van der Waals surface area (Å²) >= 11 is 0. The molecule has 5 heteroatoms. The zero-order valence-corrected chi connectivity index (χ0v) is 10.8. The van der Waals surface area contributed by atoms with Gasteiger partial charge in [-0.1, -0.05) is 6.92 Å². The maximum Gasteiger partial charge on any atom is 0.154 e. The first kappa shape index (κ1) is 12.3. The Morgan fingerprint density at radius 3 is 2.44 bits per heavy atom. The summed E-state index contributed by atoms with van der Waals surface area (Å²) in [4.78, 5) is 2.19. The lowest BCUT2D eigenvalue weighted by Gasteiger charge is -2.41. The lowest BCUT2D eigenvalue weighted by Crippen LogP contribution is -2.51. The Bertz CT molecular complexity index is 354. The van der Waals surface area contributed by atoms with E-state index in [2.05, 4.69) is 18.7 Å². The molecule has 0 aromatic heterocycles. The summed E-state index contributed by atoms with van der Waals surface area (Å²) in [5, 5.41) is 9.84. The topological polar surface area (TPSA) is 57.6 Å². The number of nitrogens with zero attached hydrogens (tertiary/aromatic N) is 1. The van der Waals surface area contributed by atoms with E-state index in [1.165, 1.54) is 0 Å². The van der Waals surface area contributed by atoms with Gasteiger partial charge in [-0.15, -0.1) is 0 Å². The third-order valence-corrected chi connectivity index (χ3v) is 5.61. The average molecular weight is 247 g/mol. The highest BCUT2D eigenvalue weighted by Gasteiger charge is 2.42. The number of hydrogen-bond donors (Lipinski definition) is 1. The Morgan fingerprint density at radius 2 is 1.94 bits per heavy atom. The van der Waals surface area contributed by atoms with Crippen LogP contribution in [0.25, 0.3) is 0 Å². The fourth-order valence-electron chi connectivity index (χ4n) is 3.05. The van der Waals surface area contributed by atoms with Gasteiger partial charge in [0.05, 0.1) is 23.7 Å². The van der Waals surface area contributed by atoms with Gasteiger partial charge >= 0.3 is 0 Å². The number of aliphatic hydroxyl groups excluding tert-OH is 1. The van der Waals surface area contributed by atoms with Crippen molar-refractivity contribution < 1.29 is 13.5 Å². The summed E-state index contributed by atoms with van der Waals surface area (Å²) in [6.45, 7) is 5.28. The highest BCUT2D eigenvalue weighted by Crippen LogP contribution is 2.28. The number of aliphatic hydroxyl groups is 1. The maximum absolute atomic E-state index is 11.5. The molecule has 0 amide bonds. The SMILES string of the molecule is CC1CCN(C2CS(=O)(=O)CC2O)C(C)C1. The Labute approximate surface area is 97.6 Å². The van der Waals surface area contributed by atoms with Crippen molar-refractivity contribution in [2.75, 3.05) is 18.1 Å². The van der Waals surface area contributed by atoms with E-state index < -0.39 is 15.9 Å². The second kappa shape index (κ2) is 4.27. The van der Waals surface area contributed by atoms with E-state index in [1.807, 2.05) is 0 Å². The van der Waals surface area contributed by atoms with Gasteiger partial charge in [0.2, 0.25) is 0 Å². The fraction of sp³-hybridized carbons (Fsp3) is 1.00. The zero-order chi connectivity index (χ0) is 11.9. The van der Waals surface area contributed by atoms with Crippen LogP contribution in [0.5, 0.6) is 0 Å². The summed E-state index contributed by atoms with van der Waals surface area (Å²) in [5.41, 5.74) is 0. The number of rotatable bonds is 1. The normalized spacial score (nSPS) is 44.7. The van der Waals surface area contributed by atoms with E-state index in [1.54, 1.807) is 0 Å². The Balaban J connectivity index is 2.08. The zero-order valence-electron chi connectivity index (χ0n) is 9.96. The minimum atomic E-state index is -3.02. The Morgan fingerprint density at radius 1 is 1.25 bits per heavy atom. The smallest absolute Gasteiger partial charge is 0.154 e. The monoisotopic (exact) mass is 247 g/mol. The Hall–Kier alpha value is -0.130.